The van der Waals surface area contributed by atoms with Crippen LogP contribution in [0.15, 0.2) is 0 Å². The molecule has 6 heteroatoms. The second kappa shape index (κ2) is 3.31. The van der Waals surface area contributed by atoms with Crippen molar-refractivity contribution >= 4 is 11.9 Å². The first-order valence-electron chi connectivity index (χ1n) is 2.58. The molecule has 0 aliphatic rings. The SMILES string of the molecule is COC(=O)C(O)(O)C(=O)OC. The molecular weight excluding hydrogens is 156 g/mol. The Hall–Kier alpha value is -1.14. The Morgan fingerprint density at radius 2 is 1.36 bits per heavy atom. The molecule has 2 N–H and O–H groups in total. The van der Waals surface area contributed by atoms with Gasteiger partial charge in [0.2, 0.25) is 0 Å². The number of hydrogen-bond donors (Lipinski definition) is 2. The van der Waals surface area contributed by atoms with Gasteiger partial charge in [0, 0.05) is 0 Å². The Bertz CT molecular complexity index is 154. The summed E-state index contributed by atoms with van der Waals surface area (Å²) in [5.41, 5.74) is 0. The molecule has 6 nitrogen and oxygen atoms in total. The van der Waals surface area contributed by atoms with Crippen LogP contribution in [0.5, 0.6) is 0 Å². The molecule has 0 rings (SSSR count). The molecule has 0 heterocycles. The van der Waals surface area contributed by atoms with Crippen LogP contribution in [0.2, 0.25) is 0 Å². The standard InChI is InChI=1S/C5H8O6/c1-10-3(6)5(8,9)4(7)11-2/h8-9H,1-2H3. The summed E-state index contributed by atoms with van der Waals surface area (Å²) in [6, 6.07) is 0. The van der Waals surface area contributed by atoms with Crippen molar-refractivity contribution < 1.29 is 29.3 Å². The number of carbonyl (C=O) groups excluding carboxylic acids is 2. The minimum Gasteiger partial charge on any atom is -0.465 e. The number of rotatable bonds is 2. The predicted molar refractivity (Wildman–Crippen MR) is 31.2 cm³/mol. The quantitative estimate of drug-likeness (QED) is 0.279. The van der Waals surface area contributed by atoms with E-state index in [1.165, 1.54) is 0 Å². The minimum atomic E-state index is -3.20. The third-order valence-corrected chi connectivity index (χ3v) is 0.940. The number of aliphatic hydroxyl groups is 2. The topological polar surface area (TPSA) is 93.1 Å². The molecule has 0 fully saturated rings. The summed E-state index contributed by atoms with van der Waals surface area (Å²) in [7, 11) is 1.82. The lowest BCUT2D eigenvalue weighted by molar-refractivity contribution is -0.220. The van der Waals surface area contributed by atoms with Crippen LogP contribution in [0.3, 0.4) is 0 Å². The van der Waals surface area contributed by atoms with Gasteiger partial charge in [-0.05, 0) is 0 Å². The molecular formula is C5H8O6. The van der Waals surface area contributed by atoms with Gasteiger partial charge in [0.15, 0.2) is 0 Å². The molecule has 0 aliphatic carbocycles. The molecule has 0 bridgehead atoms. The largest absolute Gasteiger partial charge is 0.465 e. The van der Waals surface area contributed by atoms with Gasteiger partial charge in [0.25, 0.3) is 0 Å². The zero-order chi connectivity index (χ0) is 9.07. The van der Waals surface area contributed by atoms with Crippen LogP contribution in [0.1, 0.15) is 0 Å². The minimum absolute atomic E-state index is 0.909. The highest BCUT2D eigenvalue weighted by Crippen LogP contribution is 2.03. The molecule has 0 aromatic carbocycles. The van der Waals surface area contributed by atoms with Gasteiger partial charge >= 0.3 is 17.7 Å². The lowest BCUT2D eigenvalue weighted by atomic mass is 10.3. The Kier molecular flexibility index (Phi) is 2.97. The van der Waals surface area contributed by atoms with Crippen molar-refractivity contribution in [3.8, 4) is 0 Å². The highest BCUT2D eigenvalue weighted by atomic mass is 16.6. The van der Waals surface area contributed by atoms with Crippen LogP contribution in [0.4, 0.5) is 0 Å². The van der Waals surface area contributed by atoms with Crippen molar-refractivity contribution in [2.24, 2.45) is 0 Å². The van der Waals surface area contributed by atoms with E-state index in [2.05, 4.69) is 9.47 Å². The molecule has 0 atom stereocenters. The summed E-state index contributed by atoms with van der Waals surface area (Å²) < 4.78 is 7.80. The fraction of sp³-hybridized carbons (Fsp3) is 0.600. The average molecular weight is 164 g/mol. The third kappa shape index (κ3) is 1.89. The van der Waals surface area contributed by atoms with Crippen molar-refractivity contribution in [3.05, 3.63) is 0 Å². The lowest BCUT2D eigenvalue weighted by Gasteiger charge is -2.14. The monoisotopic (exact) mass is 164 g/mol. The average Bonchev–Trinajstić information content (AvgIpc) is 2.01. The van der Waals surface area contributed by atoms with E-state index in [0.29, 0.717) is 0 Å². The highest BCUT2D eigenvalue weighted by Gasteiger charge is 2.44. The van der Waals surface area contributed by atoms with E-state index in [4.69, 9.17) is 10.2 Å². The van der Waals surface area contributed by atoms with Crippen LogP contribution >= 0.6 is 0 Å². The molecule has 0 unspecified atom stereocenters. The summed E-state index contributed by atoms with van der Waals surface area (Å²) in [4.78, 5) is 20.8. The van der Waals surface area contributed by atoms with Crippen LogP contribution in [-0.4, -0.2) is 42.2 Å². The molecule has 0 spiro atoms. The van der Waals surface area contributed by atoms with Gasteiger partial charge in [-0.15, -0.1) is 0 Å². The Balaban J connectivity index is 4.44. The fourth-order valence-corrected chi connectivity index (χ4v) is 0.368. The zero-order valence-corrected chi connectivity index (χ0v) is 6.03. The van der Waals surface area contributed by atoms with Crippen LogP contribution in [0.25, 0.3) is 0 Å². The van der Waals surface area contributed by atoms with Gasteiger partial charge in [-0.25, -0.2) is 9.59 Å². The zero-order valence-electron chi connectivity index (χ0n) is 6.03. The smallest absolute Gasteiger partial charge is 0.378 e. The van der Waals surface area contributed by atoms with Gasteiger partial charge in [-0.1, -0.05) is 0 Å². The summed E-state index contributed by atoms with van der Waals surface area (Å²) in [5.74, 6) is -6.17. The summed E-state index contributed by atoms with van der Waals surface area (Å²) in [6.07, 6.45) is 0. The van der Waals surface area contributed by atoms with E-state index >= 15 is 0 Å². The number of hydrogen-bond acceptors (Lipinski definition) is 6. The van der Waals surface area contributed by atoms with Crippen LogP contribution < -0.4 is 0 Å². The van der Waals surface area contributed by atoms with E-state index in [1.807, 2.05) is 0 Å². The number of methoxy groups -OCH3 is 2. The Morgan fingerprint density at radius 1 is 1.09 bits per heavy atom. The van der Waals surface area contributed by atoms with Crippen molar-refractivity contribution in [1.82, 2.24) is 0 Å². The molecule has 0 aromatic rings. The summed E-state index contributed by atoms with van der Waals surface area (Å²) in [6.45, 7) is 0. The van der Waals surface area contributed by atoms with Crippen LogP contribution in [-0.2, 0) is 19.1 Å². The Labute approximate surface area is 62.3 Å². The molecule has 11 heavy (non-hydrogen) atoms. The second-order valence-corrected chi connectivity index (χ2v) is 1.66. The predicted octanol–water partition coefficient (Wildman–Crippen LogP) is -1.99. The summed E-state index contributed by atoms with van der Waals surface area (Å²) in [5, 5.41) is 17.3. The number of esters is 2. The molecule has 0 radical (unpaired) electrons. The molecule has 0 aromatic heterocycles. The van der Waals surface area contributed by atoms with E-state index in [9.17, 15) is 9.59 Å². The van der Waals surface area contributed by atoms with Gasteiger partial charge in [0.1, 0.15) is 0 Å². The number of ether oxygens (including phenoxy) is 2. The van der Waals surface area contributed by atoms with Crippen molar-refractivity contribution in [2.75, 3.05) is 14.2 Å². The van der Waals surface area contributed by atoms with Crippen molar-refractivity contribution in [2.45, 2.75) is 5.79 Å². The lowest BCUT2D eigenvalue weighted by Crippen LogP contribution is -2.47. The fourth-order valence-electron chi connectivity index (χ4n) is 0.368. The molecule has 0 saturated heterocycles. The Morgan fingerprint density at radius 3 is 1.55 bits per heavy atom. The van der Waals surface area contributed by atoms with E-state index in [1.54, 1.807) is 0 Å². The first-order chi connectivity index (χ1) is 4.96. The van der Waals surface area contributed by atoms with E-state index in [-0.39, 0.29) is 0 Å². The van der Waals surface area contributed by atoms with Gasteiger partial charge in [-0.2, -0.15) is 0 Å². The maximum absolute atomic E-state index is 10.4. The maximum atomic E-state index is 10.4. The van der Waals surface area contributed by atoms with E-state index in [0.717, 1.165) is 14.2 Å². The first-order valence-corrected chi connectivity index (χ1v) is 2.58. The van der Waals surface area contributed by atoms with Crippen LogP contribution in [0, 0.1) is 0 Å². The third-order valence-electron chi connectivity index (χ3n) is 0.940. The molecule has 64 valence electrons. The molecule has 0 saturated carbocycles. The van der Waals surface area contributed by atoms with Gasteiger partial charge in [0.05, 0.1) is 14.2 Å². The first kappa shape index (κ1) is 9.86. The van der Waals surface area contributed by atoms with Crippen molar-refractivity contribution in [1.29, 1.82) is 0 Å². The van der Waals surface area contributed by atoms with Gasteiger partial charge in [-0.3, -0.25) is 0 Å². The summed E-state index contributed by atoms with van der Waals surface area (Å²) >= 11 is 0. The highest BCUT2D eigenvalue weighted by molar-refractivity contribution is 6.00. The number of carbonyl (C=O) groups is 2. The maximum Gasteiger partial charge on any atom is 0.378 e. The van der Waals surface area contributed by atoms with Gasteiger partial charge < -0.3 is 19.7 Å². The van der Waals surface area contributed by atoms with E-state index < -0.39 is 17.7 Å². The second-order valence-electron chi connectivity index (χ2n) is 1.66. The van der Waals surface area contributed by atoms with Crippen molar-refractivity contribution in [3.63, 3.8) is 0 Å². The molecule has 0 amide bonds. The molecule has 0 aliphatic heterocycles. The normalized spacial score (nSPS) is 10.5.